The molecule has 0 aromatic heterocycles. The van der Waals surface area contributed by atoms with Crippen molar-refractivity contribution in [2.75, 3.05) is 0 Å². The van der Waals surface area contributed by atoms with Gasteiger partial charge in [-0.25, -0.2) is 0 Å². The van der Waals surface area contributed by atoms with Crippen molar-refractivity contribution in [3.63, 3.8) is 0 Å². The van der Waals surface area contributed by atoms with Gasteiger partial charge in [-0.05, 0) is 47.7 Å². The number of imide groups is 1. The van der Waals surface area contributed by atoms with Gasteiger partial charge < -0.3 is 5.11 Å². The molecule has 7 heteroatoms. The zero-order valence-electron chi connectivity index (χ0n) is 12.2. The predicted octanol–water partition coefficient (Wildman–Crippen LogP) is 4.94. The molecule has 0 aliphatic carbocycles. The highest BCUT2D eigenvalue weighted by atomic mass is 35.5. The highest BCUT2D eigenvalue weighted by Gasteiger charge is 2.35. The van der Waals surface area contributed by atoms with Crippen LogP contribution < -0.4 is 0 Å². The normalized spacial score (nSPS) is 16.2. The van der Waals surface area contributed by atoms with Gasteiger partial charge in [-0.15, -0.1) is 0 Å². The molecule has 2 aromatic rings. The van der Waals surface area contributed by atoms with Crippen molar-refractivity contribution < 1.29 is 14.7 Å². The molecule has 0 atom stereocenters. The van der Waals surface area contributed by atoms with Gasteiger partial charge in [-0.3, -0.25) is 14.5 Å². The Morgan fingerprint density at radius 3 is 2.29 bits per heavy atom. The Morgan fingerprint density at radius 1 is 1.04 bits per heavy atom. The fourth-order valence-electron chi connectivity index (χ4n) is 2.20. The Kier molecular flexibility index (Phi) is 4.85. The van der Waals surface area contributed by atoms with Gasteiger partial charge in [0, 0.05) is 15.6 Å². The number of nitrogens with zero attached hydrogens (tertiary/aromatic N) is 1. The third-order valence-electron chi connectivity index (χ3n) is 3.44. The summed E-state index contributed by atoms with van der Waals surface area (Å²) in [7, 11) is 0. The molecule has 2 aromatic carbocycles. The predicted molar refractivity (Wildman–Crippen MR) is 96.1 cm³/mol. The molecule has 0 spiro atoms. The van der Waals surface area contributed by atoms with Gasteiger partial charge in [0.2, 0.25) is 0 Å². The first kappa shape index (κ1) is 16.9. The Labute approximate surface area is 152 Å². The molecule has 1 aliphatic heterocycles. The van der Waals surface area contributed by atoms with Gasteiger partial charge in [0.1, 0.15) is 5.75 Å². The number of hydrogen-bond acceptors (Lipinski definition) is 4. The number of aromatic hydroxyl groups is 1. The molecule has 1 saturated heterocycles. The number of amides is 2. The molecule has 1 aliphatic rings. The van der Waals surface area contributed by atoms with E-state index < -0.39 is 5.91 Å². The summed E-state index contributed by atoms with van der Waals surface area (Å²) in [5.74, 6) is -0.261. The van der Waals surface area contributed by atoms with Crippen molar-refractivity contribution in [2.45, 2.75) is 6.54 Å². The number of hydrogen-bond donors (Lipinski definition) is 1. The van der Waals surface area contributed by atoms with Crippen molar-refractivity contribution in [1.29, 1.82) is 0 Å². The van der Waals surface area contributed by atoms with E-state index in [2.05, 4.69) is 0 Å². The Bertz CT molecular complexity index is 829. The first-order valence-corrected chi connectivity index (χ1v) is 8.50. The summed E-state index contributed by atoms with van der Waals surface area (Å²) >= 11 is 13.1. The third-order valence-corrected chi connectivity index (χ3v) is 5.06. The summed E-state index contributed by atoms with van der Waals surface area (Å²) in [6.45, 7) is 0.0239. The number of phenolic OH excluding ortho intramolecular Hbond substituents is 1. The van der Waals surface area contributed by atoms with Gasteiger partial charge >= 0.3 is 0 Å². The fourth-order valence-corrected chi connectivity index (χ4v) is 3.55. The molecule has 24 heavy (non-hydrogen) atoms. The van der Waals surface area contributed by atoms with Gasteiger partial charge in [-0.2, -0.15) is 0 Å². The van der Waals surface area contributed by atoms with Crippen LogP contribution in [0.25, 0.3) is 6.08 Å². The lowest BCUT2D eigenvalue weighted by Gasteiger charge is -2.14. The highest BCUT2D eigenvalue weighted by molar-refractivity contribution is 8.18. The third kappa shape index (κ3) is 3.43. The Hall–Kier alpha value is -1.95. The maximum atomic E-state index is 12.5. The smallest absolute Gasteiger partial charge is 0.293 e. The summed E-state index contributed by atoms with van der Waals surface area (Å²) < 4.78 is 0. The van der Waals surface area contributed by atoms with Crippen LogP contribution in [0.3, 0.4) is 0 Å². The van der Waals surface area contributed by atoms with Crippen molar-refractivity contribution in [3.8, 4) is 5.75 Å². The standard InChI is InChI=1S/C17H11Cl2NO3S/c18-13-2-1-3-14(19)12(13)9-20-16(22)15(24-17(20)23)8-10-4-6-11(21)7-5-10/h1-8,21H,9H2/b15-8+. The Morgan fingerprint density at radius 2 is 1.67 bits per heavy atom. The average Bonchev–Trinajstić information content (AvgIpc) is 2.80. The molecule has 1 heterocycles. The summed E-state index contributed by atoms with van der Waals surface area (Å²) in [6.07, 6.45) is 1.61. The van der Waals surface area contributed by atoms with E-state index in [9.17, 15) is 14.7 Å². The van der Waals surface area contributed by atoms with Crippen LogP contribution in [0.4, 0.5) is 4.79 Å². The molecule has 0 bridgehead atoms. The van der Waals surface area contributed by atoms with Crippen LogP contribution in [0.15, 0.2) is 47.4 Å². The molecular weight excluding hydrogens is 369 g/mol. The molecule has 0 saturated carbocycles. The van der Waals surface area contributed by atoms with E-state index in [1.807, 2.05) is 0 Å². The van der Waals surface area contributed by atoms with Crippen LogP contribution >= 0.6 is 35.0 Å². The second-order valence-corrected chi connectivity index (χ2v) is 6.87. The molecule has 1 fully saturated rings. The van der Waals surface area contributed by atoms with Crippen LogP contribution in [-0.2, 0) is 11.3 Å². The van der Waals surface area contributed by atoms with Gasteiger partial charge in [0.25, 0.3) is 11.1 Å². The molecule has 2 amide bonds. The lowest BCUT2D eigenvalue weighted by atomic mass is 10.2. The first-order valence-electron chi connectivity index (χ1n) is 6.93. The summed E-state index contributed by atoms with van der Waals surface area (Å²) in [4.78, 5) is 26.1. The molecule has 3 rings (SSSR count). The molecule has 4 nitrogen and oxygen atoms in total. The van der Waals surface area contributed by atoms with E-state index >= 15 is 0 Å². The van der Waals surface area contributed by atoms with Crippen LogP contribution in [0.1, 0.15) is 11.1 Å². The van der Waals surface area contributed by atoms with Crippen molar-refractivity contribution in [1.82, 2.24) is 4.90 Å². The topological polar surface area (TPSA) is 57.6 Å². The minimum absolute atomic E-state index is 0.0239. The maximum absolute atomic E-state index is 12.5. The molecule has 0 radical (unpaired) electrons. The van der Waals surface area contributed by atoms with Crippen molar-refractivity contribution in [2.24, 2.45) is 0 Å². The SMILES string of the molecule is O=C1S/C(=C/c2ccc(O)cc2)C(=O)N1Cc1c(Cl)cccc1Cl. The number of carbonyl (C=O) groups excluding carboxylic acids is 2. The highest BCUT2D eigenvalue weighted by Crippen LogP contribution is 2.35. The number of halogens is 2. The van der Waals surface area contributed by atoms with E-state index in [-0.39, 0.29) is 17.5 Å². The number of thioether (sulfide) groups is 1. The average molecular weight is 380 g/mol. The van der Waals surface area contributed by atoms with Crippen LogP contribution in [-0.4, -0.2) is 21.2 Å². The summed E-state index contributed by atoms with van der Waals surface area (Å²) in [5.41, 5.74) is 1.25. The van der Waals surface area contributed by atoms with Crippen LogP contribution in [0.5, 0.6) is 5.75 Å². The van der Waals surface area contributed by atoms with Crippen molar-refractivity contribution >= 4 is 52.2 Å². The Balaban J connectivity index is 1.85. The quantitative estimate of drug-likeness (QED) is 0.767. The second kappa shape index (κ2) is 6.89. The van der Waals surface area contributed by atoms with E-state index in [1.54, 1.807) is 36.4 Å². The van der Waals surface area contributed by atoms with Crippen molar-refractivity contribution in [3.05, 3.63) is 68.5 Å². The lowest BCUT2D eigenvalue weighted by Crippen LogP contribution is -2.27. The number of benzene rings is 2. The second-order valence-electron chi connectivity index (χ2n) is 5.06. The monoisotopic (exact) mass is 379 g/mol. The van der Waals surface area contributed by atoms with E-state index in [1.165, 1.54) is 12.1 Å². The number of rotatable bonds is 3. The van der Waals surface area contributed by atoms with Gasteiger partial charge in [0.05, 0.1) is 11.4 Å². The number of phenols is 1. The minimum Gasteiger partial charge on any atom is -0.508 e. The lowest BCUT2D eigenvalue weighted by molar-refractivity contribution is -0.123. The molecule has 1 N–H and O–H groups in total. The zero-order chi connectivity index (χ0) is 17.3. The summed E-state index contributed by atoms with van der Waals surface area (Å²) in [6, 6.07) is 11.4. The maximum Gasteiger partial charge on any atom is 0.293 e. The van der Waals surface area contributed by atoms with Crippen LogP contribution in [0.2, 0.25) is 10.0 Å². The zero-order valence-corrected chi connectivity index (χ0v) is 14.5. The molecule has 122 valence electrons. The fraction of sp³-hybridized carbons (Fsp3) is 0.0588. The minimum atomic E-state index is -0.394. The summed E-state index contributed by atoms with van der Waals surface area (Å²) in [5, 5.41) is 9.73. The van der Waals surface area contributed by atoms with Crippen LogP contribution in [0, 0.1) is 0 Å². The van der Waals surface area contributed by atoms with Gasteiger partial charge in [0.15, 0.2) is 0 Å². The van der Waals surface area contributed by atoms with E-state index in [0.717, 1.165) is 16.7 Å². The molecule has 0 unspecified atom stereocenters. The molecular formula is C17H11Cl2NO3S. The number of carbonyl (C=O) groups is 2. The van der Waals surface area contributed by atoms with Gasteiger partial charge in [-0.1, -0.05) is 41.4 Å². The largest absolute Gasteiger partial charge is 0.508 e. The van der Waals surface area contributed by atoms with E-state index in [4.69, 9.17) is 23.2 Å². The first-order chi connectivity index (χ1) is 11.5. The van der Waals surface area contributed by atoms with E-state index in [0.29, 0.717) is 26.1 Å².